The van der Waals surface area contributed by atoms with E-state index in [4.69, 9.17) is 4.74 Å². The number of amides is 1. The molecule has 1 aliphatic rings. The fraction of sp³-hybridized carbons (Fsp3) is 0.500. The lowest BCUT2D eigenvalue weighted by Crippen LogP contribution is -2.43. The van der Waals surface area contributed by atoms with Gasteiger partial charge in [-0.25, -0.2) is 9.07 Å². The Bertz CT molecular complexity index is 727. The number of benzene rings is 1. The zero-order chi connectivity index (χ0) is 18.5. The molecule has 1 fully saturated rings. The summed E-state index contributed by atoms with van der Waals surface area (Å²) in [6.07, 6.45) is 4.99. The molecule has 1 amide bonds. The Morgan fingerprint density at radius 3 is 2.85 bits per heavy atom. The van der Waals surface area contributed by atoms with Gasteiger partial charge < -0.3 is 10.1 Å². The van der Waals surface area contributed by atoms with Crippen LogP contribution in [0.15, 0.2) is 36.5 Å². The number of halogens is 1. The van der Waals surface area contributed by atoms with Gasteiger partial charge in [0.15, 0.2) is 0 Å². The van der Waals surface area contributed by atoms with Crippen molar-refractivity contribution >= 4 is 5.91 Å². The van der Waals surface area contributed by atoms with Crippen molar-refractivity contribution in [1.29, 1.82) is 0 Å². The lowest BCUT2D eigenvalue weighted by molar-refractivity contribution is -0.122. The van der Waals surface area contributed by atoms with E-state index in [1.165, 1.54) is 12.1 Å². The number of hydrogen-bond acceptors (Lipinski definition) is 3. The van der Waals surface area contributed by atoms with Crippen molar-refractivity contribution in [3.05, 3.63) is 48.0 Å². The van der Waals surface area contributed by atoms with Gasteiger partial charge in [0.05, 0.1) is 23.9 Å². The molecule has 3 rings (SSSR count). The highest BCUT2D eigenvalue weighted by Gasteiger charge is 2.24. The molecule has 1 aliphatic heterocycles. The van der Waals surface area contributed by atoms with E-state index in [1.54, 1.807) is 23.0 Å². The molecule has 2 heterocycles. The fourth-order valence-corrected chi connectivity index (χ4v) is 3.34. The van der Waals surface area contributed by atoms with Crippen molar-refractivity contribution in [1.82, 2.24) is 15.1 Å². The Morgan fingerprint density at radius 2 is 2.12 bits per heavy atom. The fourth-order valence-electron chi connectivity index (χ4n) is 3.34. The summed E-state index contributed by atoms with van der Waals surface area (Å²) in [6.45, 7) is 5.06. The summed E-state index contributed by atoms with van der Waals surface area (Å²) < 4.78 is 20.4. The first-order valence-corrected chi connectivity index (χ1v) is 9.21. The van der Waals surface area contributed by atoms with Gasteiger partial charge in [-0.05, 0) is 55.5 Å². The SMILES string of the molecule is CC(C)C[C@@H]1C[C@@H](NC(=O)Cc2ccn(-c3ccc(F)cc3)n2)CCO1. The minimum atomic E-state index is -0.285. The lowest BCUT2D eigenvalue weighted by Gasteiger charge is -2.31. The van der Waals surface area contributed by atoms with E-state index >= 15 is 0 Å². The third-order valence-electron chi connectivity index (χ3n) is 4.54. The Hall–Kier alpha value is -2.21. The average Bonchev–Trinajstić information content (AvgIpc) is 3.03. The maximum atomic E-state index is 13.0. The van der Waals surface area contributed by atoms with Crippen molar-refractivity contribution in [2.45, 2.75) is 51.7 Å². The van der Waals surface area contributed by atoms with E-state index < -0.39 is 0 Å². The van der Waals surface area contributed by atoms with E-state index in [0.717, 1.165) is 24.9 Å². The molecule has 1 aromatic carbocycles. The predicted molar refractivity (Wildman–Crippen MR) is 97.6 cm³/mol. The first kappa shape index (κ1) is 18.6. The molecule has 1 N–H and O–H groups in total. The summed E-state index contributed by atoms with van der Waals surface area (Å²) in [5.41, 5.74) is 1.46. The van der Waals surface area contributed by atoms with E-state index in [-0.39, 0.29) is 30.3 Å². The van der Waals surface area contributed by atoms with Crippen molar-refractivity contribution in [2.24, 2.45) is 5.92 Å². The van der Waals surface area contributed by atoms with E-state index in [1.807, 2.05) is 6.07 Å². The van der Waals surface area contributed by atoms with Crippen molar-refractivity contribution in [2.75, 3.05) is 6.61 Å². The number of carbonyl (C=O) groups is 1. The van der Waals surface area contributed by atoms with Gasteiger partial charge in [-0.3, -0.25) is 4.79 Å². The number of aromatic nitrogens is 2. The zero-order valence-corrected chi connectivity index (χ0v) is 15.3. The molecule has 0 spiro atoms. The molecule has 140 valence electrons. The molecule has 2 aromatic rings. The molecule has 5 nitrogen and oxygen atoms in total. The molecule has 0 radical (unpaired) electrons. The maximum Gasteiger partial charge on any atom is 0.226 e. The van der Waals surface area contributed by atoms with Crippen LogP contribution in [0.2, 0.25) is 0 Å². The topological polar surface area (TPSA) is 56.2 Å². The summed E-state index contributed by atoms with van der Waals surface area (Å²) >= 11 is 0. The lowest BCUT2D eigenvalue weighted by atomic mass is 9.96. The average molecular weight is 359 g/mol. The summed E-state index contributed by atoms with van der Waals surface area (Å²) in [5, 5.41) is 7.52. The molecule has 0 bridgehead atoms. The van der Waals surface area contributed by atoms with Crippen LogP contribution in [0.5, 0.6) is 0 Å². The van der Waals surface area contributed by atoms with Crippen LogP contribution in [0.1, 0.15) is 38.8 Å². The van der Waals surface area contributed by atoms with Gasteiger partial charge in [-0.2, -0.15) is 5.10 Å². The molecule has 6 heteroatoms. The summed E-state index contributed by atoms with van der Waals surface area (Å²) in [4.78, 5) is 12.3. The van der Waals surface area contributed by atoms with Gasteiger partial charge in [0, 0.05) is 18.8 Å². The van der Waals surface area contributed by atoms with Gasteiger partial charge in [0.2, 0.25) is 5.91 Å². The van der Waals surface area contributed by atoms with Crippen molar-refractivity contribution in [3.63, 3.8) is 0 Å². The Balaban J connectivity index is 1.53. The van der Waals surface area contributed by atoms with E-state index in [0.29, 0.717) is 18.2 Å². The van der Waals surface area contributed by atoms with E-state index in [2.05, 4.69) is 24.3 Å². The third-order valence-corrected chi connectivity index (χ3v) is 4.54. The minimum absolute atomic E-state index is 0.0236. The highest BCUT2D eigenvalue weighted by molar-refractivity contribution is 5.78. The molecular weight excluding hydrogens is 333 g/mol. The molecule has 0 aliphatic carbocycles. The second-order valence-corrected chi connectivity index (χ2v) is 7.32. The second kappa shape index (κ2) is 8.45. The Morgan fingerprint density at radius 1 is 1.35 bits per heavy atom. The standard InChI is InChI=1S/C20H26FN3O2/c1-14(2)11-19-12-16(8-10-26-19)22-20(25)13-17-7-9-24(23-17)18-5-3-15(21)4-6-18/h3-7,9,14,16,19H,8,10-13H2,1-2H3,(H,22,25)/t16-,19+/m0/s1. The van der Waals surface area contributed by atoms with Crippen LogP contribution < -0.4 is 5.32 Å². The van der Waals surface area contributed by atoms with Gasteiger partial charge >= 0.3 is 0 Å². The number of ether oxygens (including phenoxy) is 1. The van der Waals surface area contributed by atoms with Crippen LogP contribution >= 0.6 is 0 Å². The highest BCUT2D eigenvalue weighted by Crippen LogP contribution is 2.20. The molecule has 1 saturated heterocycles. The first-order valence-electron chi connectivity index (χ1n) is 9.21. The smallest absolute Gasteiger partial charge is 0.226 e. The van der Waals surface area contributed by atoms with E-state index in [9.17, 15) is 9.18 Å². The number of hydrogen-bond donors (Lipinski definition) is 1. The predicted octanol–water partition coefficient (Wildman–Crippen LogP) is 3.26. The number of rotatable bonds is 6. The molecule has 2 atom stereocenters. The Labute approximate surface area is 153 Å². The summed E-state index contributed by atoms with van der Waals surface area (Å²) in [5.74, 6) is 0.280. The highest BCUT2D eigenvalue weighted by atomic mass is 19.1. The van der Waals surface area contributed by atoms with Gasteiger partial charge in [0.1, 0.15) is 5.82 Å². The second-order valence-electron chi connectivity index (χ2n) is 7.32. The molecule has 1 aromatic heterocycles. The van der Waals surface area contributed by atoms with Crippen LogP contribution in [-0.2, 0) is 16.0 Å². The third kappa shape index (κ3) is 5.14. The van der Waals surface area contributed by atoms with Gasteiger partial charge in [-0.1, -0.05) is 13.8 Å². The van der Waals surface area contributed by atoms with Gasteiger partial charge in [0.25, 0.3) is 0 Å². The van der Waals surface area contributed by atoms with Gasteiger partial charge in [-0.15, -0.1) is 0 Å². The van der Waals surface area contributed by atoms with Crippen LogP contribution in [0.4, 0.5) is 4.39 Å². The summed E-state index contributed by atoms with van der Waals surface area (Å²) in [7, 11) is 0. The number of nitrogens with one attached hydrogen (secondary N) is 1. The zero-order valence-electron chi connectivity index (χ0n) is 15.3. The molecule has 0 unspecified atom stereocenters. The van der Waals surface area contributed by atoms with Crippen molar-refractivity contribution in [3.8, 4) is 5.69 Å². The van der Waals surface area contributed by atoms with Crippen LogP contribution in [0.25, 0.3) is 5.69 Å². The molecule has 0 saturated carbocycles. The first-order chi connectivity index (χ1) is 12.5. The van der Waals surface area contributed by atoms with Crippen LogP contribution in [-0.4, -0.2) is 34.4 Å². The van der Waals surface area contributed by atoms with Crippen LogP contribution in [0.3, 0.4) is 0 Å². The normalized spacial score (nSPS) is 20.3. The van der Waals surface area contributed by atoms with Crippen LogP contribution in [0, 0.1) is 11.7 Å². The largest absolute Gasteiger partial charge is 0.378 e. The summed E-state index contributed by atoms with van der Waals surface area (Å²) in [6, 6.07) is 8.07. The quantitative estimate of drug-likeness (QED) is 0.861. The monoisotopic (exact) mass is 359 g/mol. The maximum absolute atomic E-state index is 13.0. The minimum Gasteiger partial charge on any atom is -0.378 e. The van der Waals surface area contributed by atoms with Crippen molar-refractivity contribution < 1.29 is 13.9 Å². The number of carbonyl (C=O) groups excluding carboxylic acids is 1. The molecular formula is C20H26FN3O2. The number of nitrogens with zero attached hydrogens (tertiary/aromatic N) is 2. The Kier molecular flexibility index (Phi) is 6.04. The molecule has 26 heavy (non-hydrogen) atoms.